The monoisotopic (exact) mass is 430 g/mol. The summed E-state index contributed by atoms with van der Waals surface area (Å²) in [5.41, 5.74) is 13.1. The molecular weight excluding hydrogens is 408 g/mol. The molecule has 0 saturated carbocycles. The molecule has 1 aromatic heterocycles. The van der Waals surface area contributed by atoms with Gasteiger partial charge in [0.15, 0.2) is 5.13 Å². The van der Waals surface area contributed by atoms with Gasteiger partial charge in [0.25, 0.3) is 0 Å². The predicted octanol–water partition coefficient (Wildman–Crippen LogP) is 4.46. The maximum Gasteiger partial charge on any atom is 0.244 e. The molecule has 4 aromatic rings. The number of hydrazone groups is 1. The van der Waals surface area contributed by atoms with Gasteiger partial charge in [-0.1, -0.05) is 59.4 Å². The Balaban J connectivity index is 1.35. The first-order chi connectivity index (χ1) is 15.1. The molecule has 0 saturated heterocycles. The second kappa shape index (κ2) is 9.40. The topological polar surface area (TPSA) is 89.6 Å². The van der Waals surface area contributed by atoms with Gasteiger partial charge >= 0.3 is 0 Å². The fourth-order valence-corrected chi connectivity index (χ4v) is 3.86. The zero-order chi connectivity index (χ0) is 21.6. The number of nitrogen functional groups attached to an aromatic ring is 1. The van der Waals surface area contributed by atoms with E-state index in [2.05, 4.69) is 34.6 Å². The highest BCUT2D eigenvalue weighted by Crippen LogP contribution is 2.24. The number of hydrogen-bond acceptors (Lipinski definition) is 6. The Hall–Kier alpha value is -3.71. The van der Waals surface area contributed by atoms with E-state index in [0.29, 0.717) is 17.5 Å². The highest BCUT2D eigenvalue weighted by molar-refractivity contribution is 7.22. The van der Waals surface area contributed by atoms with Gasteiger partial charge < -0.3 is 10.5 Å². The number of nitrogens with one attached hydrogen (secondary N) is 1. The minimum Gasteiger partial charge on any atom is -0.488 e. The van der Waals surface area contributed by atoms with Gasteiger partial charge in [0.2, 0.25) is 5.91 Å². The molecule has 0 fully saturated rings. The van der Waals surface area contributed by atoms with Crippen LogP contribution in [0.1, 0.15) is 22.3 Å². The summed E-state index contributed by atoms with van der Waals surface area (Å²) in [5, 5.41) is 4.62. The number of ether oxygens (including phenoxy) is 1. The summed E-state index contributed by atoms with van der Waals surface area (Å²) in [6.45, 7) is 2.51. The Labute approximate surface area is 184 Å². The average Bonchev–Trinajstić information content (AvgIpc) is 3.13. The van der Waals surface area contributed by atoms with Crippen molar-refractivity contribution in [2.24, 2.45) is 5.10 Å². The van der Waals surface area contributed by atoms with Crippen LogP contribution in [-0.2, 0) is 17.8 Å². The van der Waals surface area contributed by atoms with Crippen LogP contribution in [0, 0.1) is 6.92 Å². The summed E-state index contributed by atoms with van der Waals surface area (Å²) in [5.74, 6) is 0.500. The second-order valence-electron chi connectivity index (χ2n) is 7.14. The standard InChI is InChI=1S/C24H22N4O2S/c1-16-6-8-17(9-7-16)15-30-21-5-3-2-4-19(21)14-26-28-23(29)13-18-10-11-20-22(12-18)31-24(25)27-20/h2-12,14H,13,15H2,1H3,(H2,25,27)(H,28,29)/b26-14-. The Morgan fingerprint density at radius 1 is 1.13 bits per heavy atom. The zero-order valence-electron chi connectivity index (χ0n) is 17.0. The first kappa shape index (κ1) is 20.6. The number of rotatable bonds is 7. The number of hydrogen-bond donors (Lipinski definition) is 2. The lowest BCUT2D eigenvalue weighted by Crippen LogP contribution is -2.19. The van der Waals surface area contributed by atoms with Crippen molar-refractivity contribution in [2.45, 2.75) is 20.0 Å². The number of carbonyl (C=O) groups excluding carboxylic acids is 1. The largest absolute Gasteiger partial charge is 0.488 e. The van der Waals surface area contributed by atoms with Crippen molar-refractivity contribution in [1.29, 1.82) is 0 Å². The van der Waals surface area contributed by atoms with Gasteiger partial charge in [-0.25, -0.2) is 10.4 Å². The first-order valence-corrected chi connectivity index (χ1v) is 10.6. The number of para-hydroxylation sites is 1. The van der Waals surface area contributed by atoms with Crippen LogP contribution in [0.4, 0.5) is 5.13 Å². The van der Waals surface area contributed by atoms with Crippen molar-refractivity contribution in [1.82, 2.24) is 10.4 Å². The number of anilines is 1. The van der Waals surface area contributed by atoms with E-state index in [-0.39, 0.29) is 12.3 Å². The Morgan fingerprint density at radius 2 is 1.90 bits per heavy atom. The third-order valence-corrected chi connectivity index (χ3v) is 5.51. The van der Waals surface area contributed by atoms with Gasteiger partial charge in [0, 0.05) is 5.56 Å². The molecule has 3 aromatic carbocycles. The van der Waals surface area contributed by atoms with Crippen LogP contribution < -0.4 is 15.9 Å². The van der Waals surface area contributed by atoms with Crippen molar-refractivity contribution >= 4 is 38.8 Å². The number of nitrogens with zero attached hydrogens (tertiary/aromatic N) is 2. The number of benzene rings is 3. The van der Waals surface area contributed by atoms with Gasteiger partial charge in [-0.05, 0) is 42.3 Å². The minimum absolute atomic E-state index is 0.203. The van der Waals surface area contributed by atoms with Crippen molar-refractivity contribution < 1.29 is 9.53 Å². The van der Waals surface area contributed by atoms with Crippen LogP contribution in [0.25, 0.3) is 10.2 Å². The van der Waals surface area contributed by atoms with Crippen molar-refractivity contribution in [3.63, 3.8) is 0 Å². The summed E-state index contributed by atoms with van der Waals surface area (Å²) < 4.78 is 6.90. The molecule has 6 nitrogen and oxygen atoms in total. The molecule has 3 N–H and O–H groups in total. The van der Waals surface area contributed by atoms with E-state index in [1.807, 2.05) is 54.6 Å². The van der Waals surface area contributed by atoms with E-state index < -0.39 is 0 Å². The molecule has 0 radical (unpaired) electrons. The molecule has 0 spiro atoms. The van der Waals surface area contributed by atoms with Crippen molar-refractivity contribution in [3.8, 4) is 5.75 Å². The van der Waals surface area contributed by atoms with Crippen LogP contribution in [0.5, 0.6) is 5.75 Å². The molecular formula is C24H22N4O2S. The molecule has 7 heteroatoms. The van der Waals surface area contributed by atoms with Crippen molar-refractivity contribution in [3.05, 3.63) is 89.0 Å². The van der Waals surface area contributed by atoms with Crippen LogP contribution in [0.3, 0.4) is 0 Å². The van der Waals surface area contributed by atoms with E-state index in [1.165, 1.54) is 16.9 Å². The number of thiazole rings is 1. The van der Waals surface area contributed by atoms with E-state index in [1.54, 1.807) is 6.21 Å². The third-order valence-electron chi connectivity index (χ3n) is 4.66. The van der Waals surface area contributed by atoms with Gasteiger partial charge in [0.05, 0.1) is 22.9 Å². The number of amides is 1. The van der Waals surface area contributed by atoms with E-state index in [4.69, 9.17) is 10.5 Å². The van der Waals surface area contributed by atoms with Gasteiger partial charge in [0.1, 0.15) is 12.4 Å². The number of aromatic nitrogens is 1. The molecule has 0 aliphatic carbocycles. The summed E-state index contributed by atoms with van der Waals surface area (Å²) in [7, 11) is 0. The lowest BCUT2D eigenvalue weighted by molar-refractivity contribution is -0.120. The molecule has 0 bridgehead atoms. The van der Waals surface area contributed by atoms with Gasteiger partial charge in [-0.2, -0.15) is 5.10 Å². The second-order valence-corrected chi connectivity index (χ2v) is 8.20. The van der Waals surface area contributed by atoms with Gasteiger partial charge in [-0.3, -0.25) is 4.79 Å². The fraction of sp³-hybridized carbons (Fsp3) is 0.125. The summed E-state index contributed by atoms with van der Waals surface area (Å²) in [6, 6.07) is 21.5. The molecule has 0 aliphatic heterocycles. The normalized spacial score (nSPS) is 11.1. The van der Waals surface area contributed by atoms with Crippen molar-refractivity contribution in [2.75, 3.05) is 5.73 Å². The molecule has 31 heavy (non-hydrogen) atoms. The third kappa shape index (κ3) is 5.46. The molecule has 0 atom stereocenters. The SMILES string of the molecule is Cc1ccc(COc2ccccc2/C=N\NC(=O)Cc2ccc3nc(N)sc3c2)cc1. The smallest absolute Gasteiger partial charge is 0.244 e. The lowest BCUT2D eigenvalue weighted by atomic mass is 10.1. The molecule has 0 aliphatic rings. The molecule has 4 rings (SSSR count). The van der Waals surface area contributed by atoms with E-state index in [0.717, 1.165) is 26.9 Å². The summed E-state index contributed by atoms with van der Waals surface area (Å²) in [6.07, 6.45) is 1.81. The molecule has 1 amide bonds. The van der Waals surface area contributed by atoms with E-state index >= 15 is 0 Å². The fourth-order valence-electron chi connectivity index (χ4n) is 3.06. The first-order valence-electron chi connectivity index (χ1n) is 9.81. The van der Waals surface area contributed by atoms with E-state index in [9.17, 15) is 4.79 Å². The molecule has 1 heterocycles. The number of nitrogens with two attached hydrogens (primary N) is 1. The Kier molecular flexibility index (Phi) is 6.24. The van der Waals surface area contributed by atoms with Crippen LogP contribution in [0.15, 0.2) is 71.8 Å². The van der Waals surface area contributed by atoms with Crippen LogP contribution >= 0.6 is 11.3 Å². The van der Waals surface area contributed by atoms with Crippen LogP contribution in [-0.4, -0.2) is 17.1 Å². The average molecular weight is 431 g/mol. The minimum atomic E-state index is -0.203. The predicted molar refractivity (Wildman–Crippen MR) is 125 cm³/mol. The number of aryl methyl sites for hydroxylation is 1. The lowest BCUT2D eigenvalue weighted by Gasteiger charge is -2.09. The summed E-state index contributed by atoms with van der Waals surface area (Å²) in [4.78, 5) is 16.5. The molecule has 0 unspecified atom stereocenters. The molecule has 156 valence electrons. The Bertz CT molecular complexity index is 1230. The highest BCUT2D eigenvalue weighted by atomic mass is 32.1. The highest BCUT2D eigenvalue weighted by Gasteiger charge is 2.07. The number of carbonyl (C=O) groups is 1. The quantitative estimate of drug-likeness (QED) is 0.335. The summed E-state index contributed by atoms with van der Waals surface area (Å²) >= 11 is 1.41. The maximum atomic E-state index is 12.3. The zero-order valence-corrected chi connectivity index (χ0v) is 17.9. The van der Waals surface area contributed by atoms with Gasteiger partial charge in [-0.15, -0.1) is 0 Å². The maximum absolute atomic E-state index is 12.3. The number of fused-ring (bicyclic) bond motifs is 1. The van der Waals surface area contributed by atoms with Crippen LogP contribution in [0.2, 0.25) is 0 Å². The Morgan fingerprint density at radius 3 is 2.74 bits per heavy atom.